The van der Waals surface area contributed by atoms with E-state index in [0.717, 1.165) is 6.07 Å². The molecule has 0 spiro atoms. The quantitative estimate of drug-likeness (QED) is 0.529. The molecule has 11 heteroatoms. The Morgan fingerprint density at radius 2 is 1.73 bits per heavy atom. The predicted molar refractivity (Wildman–Crippen MR) is 99.5 cm³/mol. The van der Waals surface area contributed by atoms with Crippen LogP contribution >= 0.6 is 11.3 Å². The first-order valence-electron chi connectivity index (χ1n) is 8.94. The van der Waals surface area contributed by atoms with Crippen molar-refractivity contribution in [3.63, 3.8) is 0 Å². The summed E-state index contributed by atoms with van der Waals surface area (Å²) in [6, 6.07) is 7.54. The molecule has 5 atom stereocenters. The number of ether oxygens (including phenoxy) is 3. The van der Waals surface area contributed by atoms with Crippen LogP contribution in [0, 0.1) is 0 Å². The Kier molecular flexibility index (Phi) is 6.90. The molecule has 0 radical (unpaired) electrons. The van der Waals surface area contributed by atoms with E-state index in [2.05, 4.69) is 0 Å². The lowest BCUT2D eigenvalue weighted by Gasteiger charge is -2.39. The molecule has 4 N–H and O–H groups in total. The maximum absolute atomic E-state index is 13.3. The Morgan fingerprint density at radius 3 is 2.30 bits per heavy atom. The minimum absolute atomic E-state index is 0.109. The molecule has 1 aliphatic heterocycles. The Hall–Kier alpha value is -1.89. The van der Waals surface area contributed by atoms with Gasteiger partial charge in [0.15, 0.2) is 0 Å². The zero-order valence-electron chi connectivity index (χ0n) is 15.7. The fourth-order valence-corrected chi connectivity index (χ4v) is 3.99. The Bertz CT molecular complexity index is 838. The van der Waals surface area contributed by atoms with Crippen LogP contribution in [0.2, 0.25) is 0 Å². The summed E-state index contributed by atoms with van der Waals surface area (Å²) >= 11 is 0.489. The second-order valence-electron chi connectivity index (χ2n) is 6.74. The van der Waals surface area contributed by atoms with E-state index in [-0.39, 0.29) is 17.0 Å². The highest BCUT2D eigenvalue weighted by Gasteiger charge is 2.45. The first-order chi connectivity index (χ1) is 14.1. The molecule has 7 nitrogen and oxygen atoms in total. The number of benzene rings is 1. The van der Waals surface area contributed by atoms with Gasteiger partial charge in [-0.25, -0.2) is 0 Å². The standard InChI is InChI=1S/C19H21F3O7S/c1-27-10-4-2-9(3-5-10)6-13-11(7-14(30-13)19(20,21)22)28-18-17(26)16(25)15(24)12(8-23)29-18/h2-5,7,12,15-18,23-26H,6,8H2,1H3. The maximum Gasteiger partial charge on any atom is 0.425 e. The zero-order valence-corrected chi connectivity index (χ0v) is 16.6. The molecule has 1 aliphatic rings. The molecule has 1 aromatic carbocycles. The van der Waals surface area contributed by atoms with Crippen molar-refractivity contribution < 1.29 is 47.8 Å². The SMILES string of the molecule is COc1ccc(Cc2sc(C(F)(F)F)cc2OC2OC(CO)C(O)C(O)C2O)cc1. The molecule has 2 heterocycles. The first-order valence-corrected chi connectivity index (χ1v) is 9.75. The number of hydrogen-bond donors (Lipinski definition) is 4. The van der Waals surface area contributed by atoms with Gasteiger partial charge in [-0.05, 0) is 17.7 Å². The minimum atomic E-state index is -4.60. The number of rotatable bonds is 6. The van der Waals surface area contributed by atoms with E-state index in [0.29, 0.717) is 22.6 Å². The van der Waals surface area contributed by atoms with E-state index in [1.165, 1.54) is 7.11 Å². The van der Waals surface area contributed by atoms with E-state index < -0.39 is 48.4 Å². The van der Waals surface area contributed by atoms with Crippen molar-refractivity contribution in [1.29, 1.82) is 0 Å². The number of hydrogen-bond acceptors (Lipinski definition) is 8. The number of thiophene rings is 1. The van der Waals surface area contributed by atoms with Gasteiger partial charge in [-0.3, -0.25) is 0 Å². The number of halogens is 3. The minimum Gasteiger partial charge on any atom is -0.497 e. The third-order valence-corrected chi connectivity index (χ3v) is 5.83. The topological polar surface area (TPSA) is 109 Å². The molecule has 30 heavy (non-hydrogen) atoms. The third-order valence-electron chi connectivity index (χ3n) is 4.66. The number of alkyl halides is 3. The molecule has 166 valence electrons. The lowest BCUT2D eigenvalue weighted by Crippen LogP contribution is -2.60. The lowest BCUT2D eigenvalue weighted by atomic mass is 9.99. The van der Waals surface area contributed by atoms with Crippen molar-refractivity contribution in [2.45, 2.75) is 43.3 Å². The summed E-state index contributed by atoms with van der Waals surface area (Å²) in [5.74, 6) is 0.422. The second kappa shape index (κ2) is 9.08. The van der Waals surface area contributed by atoms with Crippen LogP contribution in [0.1, 0.15) is 15.3 Å². The molecule has 2 aromatic rings. The van der Waals surface area contributed by atoms with Crippen LogP contribution in [0.5, 0.6) is 11.5 Å². The Labute approximate surface area is 173 Å². The van der Waals surface area contributed by atoms with Crippen LogP contribution in [0.3, 0.4) is 0 Å². The van der Waals surface area contributed by atoms with E-state index in [4.69, 9.17) is 14.2 Å². The average molecular weight is 450 g/mol. The Balaban J connectivity index is 1.87. The molecule has 0 saturated carbocycles. The van der Waals surface area contributed by atoms with E-state index in [1.54, 1.807) is 24.3 Å². The van der Waals surface area contributed by atoms with E-state index >= 15 is 0 Å². The molecule has 1 saturated heterocycles. The number of methoxy groups -OCH3 is 1. The number of aliphatic hydroxyl groups excluding tert-OH is 4. The summed E-state index contributed by atoms with van der Waals surface area (Å²) in [6.45, 7) is -0.680. The van der Waals surface area contributed by atoms with E-state index in [9.17, 15) is 33.6 Å². The van der Waals surface area contributed by atoms with Gasteiger partial charge < -0.3 is 34.6 Å². The van der Waals surface area contributed by atoms with Crippen molar-refractivity contribution in [3.8, 4) is 11.5 Å². The van der Waals surface area contributed by atoms with Crippen molar-refractivity contribution in [2.75, 3.05) is 13.7 Å². The van der Waals surface area contributed by atoms with Gasteiger partial charge in [0.25, 0.3) is 0 Å². The maximum atomic E-state index is 13.3. The molecule has 0 bridgehead atoms. The van der Waals surface area contributed by atoms with Crippen molar-refractivity contribution in [2.24, 2.45) is 0 Å². The smallest absolute Gasteiger partial charge is 0.425 e. The van der Waals surface area contributed by atoms with Crippen LogP contribution in [0.4, 0.5) is 13.2 Å². The average Bonchev–Trinajstić information content (AvgIpc) is 3.12. The predicted octanol–water partition coefficient (Wildman–Crippen LogP) is 1.54. The summed E-state index contributed by atoms with van der Waals surface area (Å²) in [6.07, 6.45) is -12.3. The number of aliphatic hydroxyl groups is 4. The van der Waals surface area contributed by atoms with Crippen LogP contribution in [-0.2, 0) is 17.3 Å². The van der Waals surface area contributed by atoms with Crippen LogP contribution in [-0.4, -0.2) is 64.8 Å². The molecule has 1 aromatic heterocycles. The summed E-state index contributed by atoms with van der Waals surface area (Å²) in [5, 5.41) is 39.1. The highest BCUT2D eigenvalue weighted by molar-refractivity contribution is 7.12. The van der Waals surface area contributed by atoms with Gasteiger partial charge in [0.2, 0.25) is 6.29 Å². The van der Waals surface area contributed by atoms with Gasteiger partial charge >= 0.3 is 6.18 Å². The van der Waals surface area contributed by atoms with Gasteiger partial charge in [-0.15, -0.1) is 11.3 Å². The third kappa shape index (κ3) is 4.88. The van der Waals surface area contributed by atoms with E-state index in [1.807, 2.05) is 0 Å². The van der Waals surface area contributed by atoms with Gasteiger partial charge in [0.05, 0.1) is 18.6 Å². The largest absolute Gasteiger partial charge is 0.497 e. The molecule has 0 aliphatic carbocycles. The highest BCUT2D eigenvalue weighted by atomic mass is 32.1. The van der Waals surface area contributed by atoms with Crippen molar-refractivity contribution >= 4 is 11.3 Å². The summed E-state index contributed by atoms with van der Waals surface area (Å²) in [7, 11) is 1.50. The lowest BCUT2D eigenvalue weighted by molar-refractivity contribution is -0.277. The first kappa shape index (κ1) is 22.8. The summed E-state index contributed by atoms with van der Waals surface area (Å²) < 4.78 is 55.5. The van der Waals surface area contributed by atoms with Crippen molar-refractivity contribution in [3.05, 3.63) is 45.6 Å². The fraction of sp³-hybridized carbons (Fsp3) is 0.474. The zero-order chi connectivity index (χ0) is 22.1. The molecule has 5 unspecified atom stereocenters. The van der Waals surface area contributed by atoms with Gasteiger partial charge in [-0.1, -0.05) is 12.1 Å². The van der Waals surface area contributed by atoms with Gasteiger partial charge in [0, 0.05) is 12.5 Å². The normalized spacial score (nSPS) is 27.1. The molecule has 1 fully saturated rings. The van der Waals surface area contributed by atoms with Crippen LogP contribution in [0.15, 0.2) is 30.3 Å². The monoisotopic (exact) mass is 450 g/mol. The van der Waals surface area contributed by atoms with Crippen LogP contribution in [0.25, 0.3) is 0 Å². The van der Waals surface area contributed by atoms with Crippen LogP contribution < -0.4 is 9.47 Å². The van der Waals surface area contributed by atoms with Crippen molar-refractivity contribution in [1.82, 2.24) is 0 Å². The molecule has 3 rings (SSSR count). The molecular formula is C19H21F3O7S. The highest BCUT2D eigenvalue weighted by Crippen LogP contribution is 2.42. The van der Waals surface area contributed by atoms with Gasteiger partial charge in [-0.2, -0.15) is 13.2 Å². The van der Waals surface area contributed by atoms with Gasteiger partial charge in [0.1, 0.15) is 40.8 Å². The molecular weight excluding hydrogens is 429 g/mol. The summed E-state index contributed by atoms with van der Waals surface area (Å²) in [5.41, 5.74) is 0.699. The molecule has 0 amide bonds. The summed E-state index contributed by atoms with van der Waals surface area (Å²) in [4.78, 5) is -0.671. The fourth-order valence-electron chi connectivity index (χ4n) is 2.99. The Morgan fingerprint density at radius 1 is 1.07 bits per heavy atom. The second-order valence-corrected chi connectivity index (χ2v) is 7.87.